The first-order valence-electron chi connectivity index (χ1n) is 6.39. The highest BCUT2D eigenvalue weighted by molar-refractivity contribution is 5.93. The lowest BCUT2D eigenvalue weighted by molar-refractivity contribution is -0.128. The topological polar surface area (TPSA) is 43.4 Å². The van der Waals surface area contributed by atoms with Crippen molar-refractivity contribution in [2.45, 2.75) is 13.3 Å². The Hall–Kier alpha value is -2.42. The molecule has 0 N–H and O–H groups in total. The van der Waals surface area contributed by atoms with Crippen LogP contribution in [-0.4, -0.2) is 18.9 Å². The van der Waals surface area contributed by atoms with Gasteiger partial charge in [0.15, 0.2) is 5.78 Å². The van der Waals surface area contributed by atoms with Crippen molar-refractivity contribution in [3.63, 3.8) is 0 Å². The number of hydrogen-bond donors (Lipinski definition) is 0. The predicted octanol–water partition coefficient (Wildman–Crippen LogP) is 3.29. The molecular weight excluding hydrogens is 252 g/mol. The van der Waals surface area contributed by atoms with Crippen molar-refractivity contribution >= 4 is 12.3 Å². The minimum Gasteiger partial charge on any atom is -0.468 e. The number of ether oxygens (including phenoxy) is 1. The summed E-state index contributed by atoms with van der Waals surface area (Å²) in [5.41, 5.74) is 1.96. The van der Waals surface area contributed by atoms with Gasteiger partial charge in [0.1, 0.15) is 0 Å². The number of benzene rings is 2. The summed E-state index contributed by atoms with van der Waals surface area (Å²) in [7, 11) is 0. The van der Waals surface area contributed by atoms with Gasteiger partial charge < -0.3 is 4.74 Å². The van der Waals surface area contributed by atoms with Crippen LogP contribution in [0.4, 0.5) is 0 Å². The number of carbonyl (C=O) groups is 2. The van der Waals surface area contributed by atoms with E-state index in [1.165, 1.54) is 5.56 Å². The average Bonchev–Trinajstić information content (AvgIpc) is 2.50. The maximum atomic E-state index is 10.6. The Labute approximate surface area is 119 Å². The van der Waals surface area contributed by atoms with Crippen molar-refractivity contribution in [2.75, 3.05) is 6.61 Å². The zero-order valence-corrected chi connectivity index (χ0v) is 11.5. The number of hydrogen-bond acceptors (Lipinski definition) is 3. The van der Waals surface area contributed by atoms with Crippen LogP contribution in [0.25, 0.3) is 0 Å². The third-order valence-electron chi connectivity index (χ3n) is 2.60. The molecule has 0 heterocycles. The van der Waals surface area contributed by atoms with Crippen molar-refractivity contribution in [2.24, 2.45) is 0 Å². The molecule has 0 radical (unpaired) electrons. The van der Waals surface area contributed by atoms with E-state index in [0.29, 0.717) is 13.1 Å². The van der Waals surface area contributed by atoms with Gasteiger partial charge in [0, 0.05) is 12.0 Å². The lowest BCUT2D eigenvalue weighted by atomic mass is 10.2. The minimum atomic E-state index is 0.121. The van der Waals surface area contributed by atoms with Crippen LogP contribution in [0.15, 0.2) is 60.7 Å². The van der Waals surface area contributed by atoms with Crippen LogP contribution < -0.4 is 0 Å². The molecule has 2 aromatic rings. The van der Waals surface area contributed by atoms with Crippen molar-refractivity contribution in [3.05, 3.63) is 71.8 Å². The Kier molecular flexibility index (Phi) is 7.43. The lowest BCUT2D eigenvalue weighted by Crippen LogP contribution is -1.95. The molecule has 20 heavy (non-hydrogen) atoms. The minimum absolute atomic E-state index is 0.121. The van der Waals surface area contributed by atoms with Gasteiger partial charge in [-0.2, -0.15) is 0 Å². The largest absolute Gasteiger partial charge is 0.468 e. The molecule has 0 amide bonds. The number of ketones is 1. The highest BCUT2D eigenvalue weighted by atomic mass is 16.5. The second-order valence-corrected chi connectivity index (χ2v) is 4.12. The fourth-order valence-corrected chi connectivity index (χ4v) is 1.54. The third-order valence-corrected chi connectivity index (χ3v) is 2.60. The molecule has 0 aromatic heterocycles. The predicted molar refractivity (Wildman–Crippen MR) is 78.6 cm³/mol. The van der Waals surface area contributed by atoms with E-state index in [2.05, 4.69) is 4.74 Å². The van der Waals surface area contributed by atoms with E-state index in [1.54, 1.807) is 6.92 Å². The van der Waals surface area contributed by atoms with Crippen molar-refractivity contribution in [1.82, 2.24) is 0 Å². The summed E-state index contributed by atoms with van der Waals surface area (Å²) in [4.78, 5) is 20.4. The van der Waals surface area contributed by atoms with Crippen LogP contribution >= 0.6 is 0 Å². The molecule has 3 heteroatoms. The van der Waals surface area contributed by atoms with Crippen molar-refractivity contribution in [3.8, 4) is 0 Å². The molecule has 3 nitrogen and oxygen atoms in total. The lowest BCUT2D eigenvalue weighted by Gasteiger charge is -1.97. The van der Waals surface area contributed by atoms with Gasteiger partial charge >= 0.3 is 0 Å². The smallest absolute Gasteiger partial charge is 0.293 e. The third kappa shape index (κ3) is 6.50. The van der Waals surface area contributed by atoms with Gasteiger partial charge in [-0.15, -0.1) is 0 Å². The highest BCUT2D eigenvalue weighted by Gasteiger charge is 1.92. The van der Waals surface area contributed by atoms with Crippen LogP contribution in [0, 0.1) is 0 Å². The summed E-state index contributed by atoms with van der Waals surface area (Å²) in [5.74, 6) is 0.121. The first kappa shape index (κ1) is 15.6. The van der Waals surface area contributed by atoms with E-state index in [0.717, 1.165) is 12.0 Å². The van der Waals surface area contributed by atoms with Gasteiger partial charge in [-0.05, 0) is 12.5 Å². The summed E-state index contributed by atoms with van der Waals surface area (Å²) < 4.78 is 4.56. The van der Waals surface area contributed by atoms with E-state index in [1.807, 2.05) is 60.7 Å². The summed E-state index contributed by atoms with van der Waals surface area (Å²) in [5, 5.41) is 0. The van der Waals surface area contributed by atoms with Gasteiger partial charge in [0.25, 0.3) is 6.47 Å². The molecule has 0 spiro atoms. The van der Waals surface area contributed by atoms with Gasteiger partial charge in [-0.25, -0.2) is 0 Å². The van der Waals surface area contributed by atoms with E-state index in [9.17, 15) is 9.59 Å². The summed E-state index contributed by atoms with van der Waals surface area (Å²) in [6.45, 7) is 2.51. The van der Waals surface area contributed by atoms with Crippen LogP contribution in [0.5, 0.6) is 0 Å². The summed E-state index contributed by atoms with van der Waals surface area (Å²) in [6.07, 6.45) is 0.791. The second kappa shape index (κ2) is 9.50. The molecule has 0 aliphatic heterocycles. The van der Waals surface area contributed by atoms with Crippen LogP contribution in [0.2, 0.25) is 0 Å². The van der Waals surface area contributed by atoms with Crippen LogP contribution in [0.3, 0.4) is 0 Å². The maximum Gasteiger partial charge on any atom is 0.293 e. The van der Waals surface area contributed by atoms with E-state index < -0.39 is 0 Å². The zero-order chi connectivity index (χ0) is 14.6. The average molecular weight is 270 g/mol. The Morgan fingerprint density at radius 2 is 1.55 bits per heavy atom. The van der Waals surface area contributed by atoms with E-state index >= 15 is 0 Å². The van der Waals surface area contributed by atoms with Crippen LogP contribution in [-0.2, 0) is 16.0 Å². The monoisotopic (exact) mass is 270 g/mol. The molecule has 0 aliphatic rings. The molecule has 104 valence electrons. The quantitative estimate of drug-likeness (QED) is 0.475. The van der Waals surface area contributed by atoms with Crippen LogP contribution in [0.1, 0.15) is 22.8 Å². The van der Waals surface area contributed by atoms with Crippen molar-refractivity contribution in [1.29, 1.82) is 0 Å². The SMILES string of the molecule is CC(=O)c1ccccc1.O=COCCc1ccccc1. The molecular formula is C17H18O3. The number of Topliss-reactive ketones (excluding diaryl/α,β-unsaturated/α-hetero) is 1. The normalized spacial score (nSPS) is 9.05. The highest BCUT2D eigenvalue weighted by Crippen LogP contribution is 1.98. The Morgan fingerprint density at radius 3 is 2.00 bits per heavy atom. The first-order chi connectivity index (χ1) is 9.74. The number of carbonyl (C=O) groups excluding carboxylic acids is 2. The Balaban J connectivity index is 0.000000204. The van der Waals surface area contributed by atoms with Gasteiger partial charge in [-0.3, -0.25) is 9.59 Å². The molecule has 0 bridgehead atoms. The van der Waals surface area contributed by atoms with Gasteiger partial charge in [0.05, 0.1) is 6.61 Å². The molecule has 0 fully saturated rings. The molecule has 0 atom stereocenters. The molecule has 2 aromatic carbocycles. The standard InChI is InChI=1S/C9H10O2.C8H8O/c10-8-11-7-6-9-4-2-1-3-5-9;1-7(9)8-5-3-2-4-6-8/h1-5,8H,6-7H2;2-6H,1H3. The number of rotatable bonds is 5. The molecule has 2 rings (SSSR count). The second-order valence-electron chi connectivity index (χ2n) is 4.12. The molecule has 0 saturated heterocycles. The van der Waals surface area contributed by atoms with E-state index in [4.69, 9.17) is 0 Å². The van der Waals surface area contributed by atoms with Gasteiger partial charge in [-0.1, -0.05) is 60.7 Å². The Morgan fingerprint density at radius 1 is 1.00 bits per heavy atom. The Bertz CT molecular complexity index is 506. The fourth-order valence-electron chi connectivity index (χ4n) is 1.54. The maximum absolute atomic E-state index is 10.6. The zero-order valence-electron chi connectivity index (χ0n) is 11.5. The summed E-state index contributed by atoms with van der Waals surface area (Å²) in [6, 6.07) is 19.1. The fraction of sp³-hybridized carbons (Fsp3) is 0.176. The van der Waals surface area contributed by atoms with Crippen molar-refractivity contribution < 1.29 is 14.3 Å². The first-order valence-corrected chi connectivity index (χ1v) is 6.39. The molecule has 0 saturated carbocycles. The molecule has 0 unspecified atom stereocenters. The summed E-state index contributed by atoms with van der Waals surface area (Å²) >= 11 is 0. The molecule has 0 aliphatic carbocycles. The van der Waals surface area contributed by atoms with E-state index in [-0.39, 0.29) is 5.78 Å². The van der Waals surface area contributed by atoms with Gasteiger partial charge in [0.2, 0.25) is 0 Å².